The molecule has 0 aromatic heterocycles. The van der Waals surface area contributed by atoms with Crippen LogP contribution in [-0.2, 0) is 19.6 Å². The fourth-order valence-corrected chi connectivity index (χ4v) is 3.81. The van der Waals surface area contributed by atoms with Gasteiger partial charge in [0.15, 0.2) is 0 Å². The van der Waals surface area contributed by atoms with Crippen molar-refractivity contribution < 1.29 is 23.1 Å². The van der Waals surface area contributed by atoms with Crippen molar-refractivity contribution in [2.24, 2.45) is 5.92 Å². The number of nitrogens with zero attached hydrogens (tertiary/aromatic N) is 1. The van der Waals surface area contributed by atoms with Crippen LogP contribution in [0.1, 0.15) is 26.2 Å². The fourth-order valence-electron chi connectivity index (χ4n) is 2.25. The number of hydrogen-bond acceptors (Lipinski definition) is 4. The third-order valence-corrected chi connectivity index (χ3v) is 5.26. The van der Waals surface area contributed by atoms with E-state index in [1.807, 2.05) is 6.92 Å². The average molecular weight is 279 g/mol. The number of carbonyl (C=O) groups is 1. The van der Waals surface area contributed by atoms with Crippen molar-refractivity contribution in [3.05, 3.63) is 0 Å². The van der Waals surface area contributed by atoms with Crippen LogP contribution in [0.15, 0.2) is 0 Å². The van der Waals surface area contributed by atoms with Crippen LogP contribution >= 0.6 is 0 Å². The molecule has 18 heavy (non-hydrogen) atoms. The molecule has 1 heterocycles. The van der Waals surface area contributed by atoms with E-state index in [2.05, 4.69) is 0 Å². The van der Waals surface area contributed by atoms with Gasteiger partial charge in [-0.25, -0.2) is 8.42 Å². The second-order valence-electron chi connectivity index (χ2n) is 4.57. The first kappa shape index (κ1) is 15.4. The standard InChI is InChI=1S/C11H21NO5S/c1-3-9-4-5-12(10(8-9)11(13)14)18(15,16)7-6-17-2/h9-10H,3-8H2,1-2H3,(H,13,14). The van der Waals surface area contributed by atoms with Gasteiger partial charge in [0.1, 0.15) is 6.04 Å². The smallest absolute Gasteiger partial charge is 0.322 e. The molecule has 0 aromatic carbocycles. The molecule has 0 aliphatic carbocycles. The molecule has 0 bridgehead atoms. The van der Waals surface area contributed by atoms with Gasteiger partial charge in [-0.3, -0.25) is 4.79 Å². The molecule has 1 N–H and O–H groups in total. The van der Waals surface area contributed by atoms with Crippen molar-refractivity contribution in [1.82, 2.24) is 4.31 Å². The van der Waals surface area contributed by atoms with Gasteiger partial charge < -0.3 is 9.84 Å². The highest BCUT2D eigenvalue weighted by molar-refractivity contribution is 7.89. The normalized spacial score (nSPS) is 26.1. The minimum atomic E-state index is -3.54. The van der Waals surface area contributed by atoms with E-state index in [0.29, 0.717) is 18.9 Å². The van der Waals surface area contributed by atoms with Gasteiger partial charge in [0.2, 0.25) is 10.0 Å². The Bertz CT molecular complexity index is 381. The van der Waals surface area contributed by atoms with E-state index in [9.17, 15) is 18.3 Å². The molecule has 1 aliphatic heterocycles. The van der Waals surface area contributed by atoms with Gasteiger partial charge >= 0.3 is 5.97 Å². The summed E-state index contributed by atoms with van der Waals surface area (Å²) in [6.07, 6.45) is 2.01. The zero-order valence-corrected chi connectivity index (χ0v) is 11.6. The summed E-state index contributed by atoms with van der Waals surface area (Å²) in [6, 6.07) is -0.925. The minimum absolute atomic E-state index is 0.0857. The molecule has 106 valence electrons. The van der Waals surface area contributed by atoms with Crippen molar-refractivity contribution >= 4 is 16.0 Å². The van der Waals surface area contributed by atoms with Crippen LogP contribution in [0.5, 0.6) is 0 Å². The number of piperidine rings is 1. The van der Waals surface area contributed by atoms with Gasteiger partial charge in [-0.1, -0.05) is 13.3 Å². The van der Waals surface area contributed by atoms with Crippen LogP contribution < -0.4 is 0 Å². The van der Waals surface area contributed by atoms with E-state index in [1.54, 1.807) is 0 Å². The zero-order valence-electron chi connectivity index (χ0n) is 10.8. The van der Waals surface area contributed by atoms with Crippen molar-refractivity contribution in [3.63, 3.8) is 0 Å². The molecule has 1 fully saturated rings. The molecule has 2 unspecified atom stereocenters. The first-order valence-electron chi connectivity index (χ1n) is 6.13. The van der Waals surface area contributed by atoms with Gasteiger partial charge in [0.05, 0.1) is 12.4 Å². The molecule has 2 atom stereocenters. The summed E-state index contributed by atoms with van der Waals surface area (Å²) >= 11 is 0. The Morgan fingerprint density at radius 2 is 2.17 bits per heavy atom. The van der Waals surface area contributed by atoms with Gasteiger partial charge in [-0.05, 0) is 18.8 Å². The molecular weight excluding hydrogens is 258 g/mol. The highest BCUT2D eigenvalue weighted by Gasteiger charge is 2.39. The third-order valence-electron chi connectivity index (χ3n) is 3.43. The molecule has 0 saturated carbocycles. The van der Waals surface area contributed by atoms with E-state index in [1.165, 1.54) is 7.11 Å². The Hall–Kier alpha value is -0.660. The fraction of sp³-hybridized carbons (Fsp3) is 0.909. The van der Waals surface area contributed by atoms with Gasteiger partial charge in [0.25, 0.3) is 0 Å². The van der Waals surface area contributed by atoms with Crippen molar-refractivity contribution in [2.45, 2.75) is 32.2 Å². The number of hydrogen-bond donors (Lipinski definition) is 1. The number of aliphatic carboxylic acids is 1. The highest BCUT2D eigenvalue weighted by Crippen LogP contribution is 2.27. The van der Waals surface area contributed by atoms with Crippen molar-refractivity contribution in [3.8, 4) is 0 Å². The molecule has 0 amide bonds. The van der Waals surface area contributed by atoms with E-state index in [-0.39, 0.29) is 12.4 Å². The Balaban J connectivity index is 2.82. The summed E-state index contributed by atoms with van der Waals surface area (Å²) in [5.74, 6) is -0.932. The summed E-state index contributed by atoms with van der Waals surface area (Å²) in [5.41, 5.74) is 0. The Kier molecular flexibility index (Phi) is 5.55. The van der Waals surface area contributed by atoms with Gasteiger partial charge in [0, 0.05) is 13.7 Å². The maximum absolute atomic E-state index is 12.0. The summed E-state index contributed by atoms with van der Waals surface area (Å²) in [4.78, 5) is 11.2. The van der Waals surface area contributed by atoms with Crippen molar-refractivity contribution in [2.75, 3.05) is 26.0 Å². The lowest BCUT2D eigenvalue weighted by Gasteiger charge is -2.35. The Morgan fingerprint density at radius 1 is 1.50 bits per heavy atom. The molecule has 0 spiro atoms. The number of rotatable bonds is 6. The van der Waals surface area contributed by atoms with Crippen molar-refractivity contribution in [1.29, 1.82) is 0 Å². The second-order valence-corrected chi connectivity index (χ2v) is 6.61. The maximum atomic E-state index is 12.0. The topological polar surface area (TPSA) is 83.9 Å². The second kappa shape index (κ2) is 6.49. The molecule has 1 aliphatic rings. The van der Waals surface area contributed by atoms with E-state index in [4.69, 9.17) is 4.74 Å². The monoisotopic (exact) mass is 279 g/mol. The van der Waals surface area contributed by atoms with Crippen LogP contribution in [0.25, 0.3) is 0 Å². The summed E-state index contributed by atoms with van der Waals surface area (Å²) in [5, 5.41) is 9.17. The molecular formula is C11H21NO5S. The highest BCUT2D eigenvalue weighted by atomic mass is 32.2. The van der Waals surface area contributed by atoms with Gasteiger partial charge in [-0.15, -0.1) is 0 Å². The van der Waals surface area contributed by atoms with E-state index >= 15 is 0 Å². The van der Waals surface area contributed by atoms with Crippen LogP contribution in [-0.4, -0.2) is 55.9 Å². The zero-order chi connectivity index (χ0) is 13.8. The first-order chi connectivity index (χ1) is 8.42. The maximum Gasteiger partial charge on any atom is 0.322 e. The predicted molar refractivity (Wildman–Crippen MR) is 66.8 cm³/mol. The number of carboxylic acids is 1. The third kappa shape index (κ3) is 3.66. The lowest BCUT2D eigenvalue weighted by molar-refractivity contribution is -0.143. The Morgan fingerprint density at radius 3 is 2.67 bits per heavy atom. The lowest BCUT2D eigenvalue weighted by atomic mass is 9.90. The summed E-state index contributed by atoms with van der Waals surface area (Å²) in [6.45, 7) is 2.38. The molecule has 0 aromatic rings. The predicted octanol–water partition coefficient (Wildman–Crippen LogP) is 0.538. The number of methoxy groups -OCH3 is 1. The molecule has 0 radical (unpaired) electrons. The number of ether oxygens (including phenoxy) is 1. The number of carboxylic acid groups (broad SMARTS) is 1. The quantitative estimate of drug-likeness (QED) is 0.767. The van der Waals surface area contributed by atoms with Crippen LogP contribution in [0.2, 0.25) is 0 Å². The van der Waals surface area contributed by atoms with Crippen LogP contribution in [0, 0.1) is 5.92 Å². The Labute approximate surface area is 108 Å². The van der Waals surface area contributed by atoms with E-state index < -0.39 is 22.0 Å². The van der Waals surface area contributed by atoms with Crippen LogP contribution in [0.3, 0.4) is 0 Å². The lowest BCUT2D eigenvalue weighted by Crippen LogP contribution is -2.51. The summed E-state index contributed by atoms with van der Waals surface area (Å²) in [7, 11) is -2.12. The molecule has 1 rings (SSSR count). The van der Waals surface area contributed by atoms with Gasteiger partial charge in [-0.2, -0.15) is 4.31 Å². The van der Waals surface area contributed by atoms with Crippen LogP contribution in [0.4, 0.5) is 0 Å². The van der Waals surface area contributed by atoms with E-state index in [0.717, 1.165) is 17.1 Å². The number of sulfonamides is 1. The summed E-state index contributed by atoms with van der Waals surface area (Å²) < 4.78 is 30.0. The SMILES string of the molecule is CCC1CCN(S(=O)(=O)CCOC)C(C(=O)O)C1. The minimum Gasteiger partial charge on any atom is -0.480 e. The molecule has 6 nitrogen and oxygen atoms in total. The largest absolute Gasteiger partial charge is 0.480 e. The molecule has 7 heteroatoms. The average Bonchev–Trinajstić information content (AvgIpc) is 2.35. The molecule has 1 saturated heterocycles. The first-order valence-corrected chi connectivity index (χ1v) is 7.74.